The van der Waals surface area contributed by atoms with E-state index in [0.29, 0.717) is 17.6 Å². The Balaban J connectivity index is 0.00000256. The third-order valence-electron chi connectivity index (χ3n) is 7.02. The summed E-state index contributed by atoms with van der Waals surface area (Å²) in [6.45, 7) is 19.7. The third kappa shape index (κ3) is 6.58. The van der Waals surface area contributed by atoms with E-state index in [1.165, 1.54) is 53.5 Å². The average molecular weight is 677 g/mol. The standard InChI is InChI=1S/C29H40O.W.Y/c1-18-14-20(3)24(15-19(18)2)22-12-10-21(11-13-22)23-16-25(28(4,5)6)27(30)26(17-23)29(7,8)9;;/h16-17,21-22,30H,10-13H2,1-9H3;;/q-2;;. The Bertz CT molecular complexity index is 890. The first-order valence-electron chi connectivity index (χ1n) is 11.6. The molecule has 0 saturated heterocycles. The minimum Gasteiger partial charge on any atom is -0.507 e. The molecule has 0 atom stereocenters. The van der Waals surface area contributed by atoms with E-state index in [0.717, 1.165) is 11.1 Å². The van der Waals surface area contributed by atoms with Crippen LogP contribution in [-0.4, -0.2) is 5.11 Å². The van der Waals surface area contributed by atoms with Gasteiger partial charge in [0.1, 0.15) is 5.75 Å². The fourth-order valence-corrected chi connectivity index (χ4v) is 4.99. The van der Waals surface area contributed by atoms with Crippen LogP contribution in [-0.2, 0) is 64.6 Å². The Morgan fingerprint density at radius 3 is 1.56 bits per heavy atom. The number of benzene rings is 2. The molecule has 0 aromatic heterocycles. The summed E-state index contributed by atoms with van der Waals surface area (Å²) in [5.41, 5.74) is 8.55. The first-order valence-corrected chi connectivity index (χ1v) is 11.6. The molecule has 0 unspecified atom stereocenters. The van der Waals surface area contributed by atoms with Crippen LogP contribution < -0.4 is 0 Å². The summed E-state index contributed by atoms with van der Waals surface area (Å²) in [4.78, 5) is 0. The summed E-state index contributed by atoms with van der Waals surface area (Å²) < 4.78 is 0. The van der Waals surface area contributed by atoms with Crippen LogP contribution in [0.2, 0.25) is 0 Å². The smallest absolute Gasteiger partial charge is 0.123 e. The van der Waals surface area contributed by atoms with E-state index in [9.17, 15) is 5.11 Å². The van der Waals surface area contributed by atoms with Crippen molar-refractivity contribution in [2.24, 2.45) is 0 Å². The molecule has 3 rings (SSSR count). The summed E-state index contributed by atoms with van der Waals surface area (Å²) >= 11 is 0. The molecule has 1 aliphatic rings. The number of rotatable bonds is 2. The normalized spacial score (nSPS) is 19.2. The molecule has 0 heterocycles. The van der Waals surface area contributed by atoms with Crippen LogP contribution in [0.15, 0.2) is 12.1 Å². The largest absolute Gasteiger partial charge is 0.507 e. The van der Waals surface area contributed by atoms with Gasteiger partial charge in [0, 0.05) is 53.8 Å². The van der Waals surface area contributed by atoms with Crippen LogP contribution in [0.5, 0.6) is 5.75 Å². The van der Waals surface area contributed by atoms with Crippen molar-refractivity contribution in [1.29, 1.82) is 0 Å². The number of hydrogen-bond acceptors (Lipinski definition) is 1. The van der Waals surface area contributed by atoms with Crippen LogP contribution in [0.4, 0.5) is 0 Å². The Hall–Kier alpha value is 0.0322. The summed E-state index contributed by atoms with van der Waals surface area (Å²) in [6.07, 6.45) is 4.80. The monoisotopic (exact) mass is 677 g/mol. The summed E-state index contributed by atoms with van der Waals surface area (Å²) in [6, 6.07) is 11.8. The molecule has 32 heavy (non-hydrogen) atoms. The van der Waals surface area contributed by atoms with Gasteiger partial charge in [0.05, 0.1) is 0 Å². The number of aryl methyl sites for hydroxylation is 3. The first-order chi connectivity index (χ1) is 13.8. The molecule has 1 nitrogen and oxygen atoms in total. The topological polar surface area (TPSA) is 20.2 Å². The van der Waals surface area contributed by atoms with Gasteiger partial charge in [-0.3, -0.25) is 22.3 Å². The maximum absolute atomic E-state index is 11.0. The zero-order valence-electron chi connectivity index (χ0n) is 21.6. The van der Waals surface area contributed by atoms with E-state index in [4.69, 9.17) is 0 Å². The van der Waals surface area contributed by atoms with Crippen molar-refractivity contribution in [2.75, 3.05) is 0 Å². The van der Waals surface area contributed by atoms with Gasteiger partial charge in [0.25, 0.3) is 0 Å². The van der Waals surface area contributed by atoms with Gasteiger partial charge in [-0.1, -0.05) is 72.4 Å². The SMILES string of the molecule is Cc1[c-]c(C)c(C2CCC(c3cc(C(C)(C)C)c(O)c(C(C)(C)C)c3)CC2)[c-]c1C.[W].[Y]. The quantitative estimate of drug-likeness (QED) is 0.320. The van der Waals surface area contributed by atoms with Crippen LogP contribution >= 0.6 is 0 Å². The maximum Gasteiger partial charge on any atom is 0.123 e. The van der Waals surface area contributed by atoms with Crippen LogP contribution in [0.25, 0.3) is 0 Å². The van der Waals surface area contributed by atoms with E-state index in [1.807, 2.05) is 0 Å². The van der Waals surface area contributed by atoms with Crippen molar-refractivity contribution in [3.05, 3.63) is 63.2 Å². The Kier molecular flexibility index (Phi) is 10.5. The second-order valence-corrected chi connectivity index (χ2v) is 11.6. The molecule has 2 aromatic carbocycles. The zero-order valence-corrected chi connectivity index (χ0v) is 27.3. The molecule has 2 aromatic rings. The molecule has 1 fully saturated rings. The Morgan fingerprint density at radius 1 is 0.719 bits per heavy atom. The van der Waals surface area contributed by atoms with Crippen molar-refractivity contribution in [1.82, 2.24) is 0 Å². The zero-order chi connectivity index (χ0) is 22.4. The molecule has 1 N–H and O–H groups in total. The molecule has 0 aliphatic heterocycles. The van der Waals surface area contributed by atoms with Gasteiger partial charge >= 0.3 is 0 Å². The van der Waals surface area contributed by atoms with E-state index >= 15 is 0 Å². The molecule has 0 amide bonds. The van der Waals surface area contributed by atoms with Crippen LogP contribution in [0.1, 0.15) is 118 Å². The van der Waals surface area contributed by atoms with Gasteiger partial charge in [-0.2, -0.15) is 0 Å². The molecule has 1 radical (unpaired) electrons. The van der Waals surface area contributed by atoms with E-state index in [2.05, 4.69) is 86.6 Å². The fraction of sp³-hybridized carbons (Fsp3) is 0.586. The van der Waals surface area contributed by atoms with Gasteiger partial charge in [-0.25, -0.2) is 0 Å². The third-order valence-corrected chi connectivity index (χ3v) is 7.02. The van der Waals surface area contributed by atoms with E-state index in [1.54, 1.807) is 0 Å². The van der Waals surface area contributed by atoms with Crippen molar-refractivity contribution in [3.8, 4) is 5.75 Å². The van der Waals surface area contributed by atoms with Crippen molar-refractivity contribution >= 4 is 0 Å². The summed E-state index contributed by atoms with van der Waals surface area (Å²) in [7, 11) is 0. The molecule has 0 bridgehead atoms. The predicted octanol–water partition coefficient (Wildman–Crippen LogP) is 7.95. The number of phenolic OH excluding ortho intramolecular Hbond substituents is 1. The second kappa shape index (κ2) is 11.2. The van der Waals surface area contributed by atoms with Crippen molar-refractivity contribution in [3.63, 3.8) is 0 Å². The number of phenols is 1. The molecular weight excluding hydrogens is 637 g/mol. The summed E-state index contributed by atoms with van der Waals surface area (Å²) in [5, 5.41) is 11.0. The molecule has 1 saturated carbocycles. The van der Waals surface area contributed by atoms with Crippen LogP contribution in [0, 0.1) is 32.9 Å². The Morgan fingerprint density at radius 2 is 1.12 bits per heavy atom. The van der Waals surface area contributed by atoms with Gasteiger partial charge in [0.2, 0.25) is 0 Å². The molecule has 0 spiro atoms. The molecular formula is C29H40OWY-2. The van der Waals surface area contributed by atoms with Crippen LogP contribution in [0.3, 0.4) is 0 Å². The second-order valence-electron chi connectivity index (χ2n) is 11.6. The average Bonchev–Trinajstić information content (AvgIpc) is 2.63. The minimum absolute atomic E-state index is 0. The number of hydrogen-bond donors (Lipinski definition) is 1. The minimum atomic E-state index is -0.0708. The van der Waals surface area contributed by atoms with Gasteiger partial charge < -0.3 is 17.2 Å². The predicted molar refractivity (Wildman–Crippen MR) is 128 cm³/mol. The van der Waals surface area contributed by atoms with Gasteiger partial charge in [-0.05, 0) is 46.3 Å². The van der Waals surface area contributed by atoms with E-state index in [-0.39, 0.29) is 64.6 Å². The van der Waals surface area contributed by atoms with E-state index < -0.39 is 0 Å². The molecule has 1 aliphatic carbocycles. The summed E-state index contributed by atoms with van der Waals surface area (Å²) in [5.74, 6) is 1.65. The van der Waals surface area contributed by atoms with Crippen molar-refractivity contribution in [2.45, 2.75) is 111 Å². The van der Waals surface area contributed by atoms with Gasteiger partial charge in [-0.15, -0.1) is 20.8 Å². The van der Waals surface area contributed by atoms with Crippen molar-refractivity contribution < 1.29 is 58.9 Å². The van der Waals surface area contributed by atoms with Gasteiger partial charge in [0.15, 0.2) is 0 Å². The molecule has 3 heteroatoms. The fourth-order valence-electron chi connectivity index (χ4n) is 4.99. The maximum atomic E-state index is 11.0. The number of aromatic hydroxyl groups is 1. The first kappa shape index (κ1) is 30.1. The Labute approximate surface area is 236 Å². The molecule has 173 valence electrons.